The number of carbonyl (C=O) groups excluding carboxylic acids is 2. The van der Waals surface area contributed by atoms with Crippen LogP contribution in [0.1, 0.15) is 16.7 Å². The number of carbonyl (C=O) groups is 2. The van der Waals surface area contributed by atoms with E-state index in [1.165, 1.54) is 5.56 Å². The van der Waals surface area contributed by atoms with Gasteiger partial charge in [-0.05, 0) is 43.5 Å². The summed E-state index contributed by atoms with van der Waals surface area (Å²) in [6, 6.07) is 4.04. The maximum atomic E-state index is 12.1. The van der Waals surface area contributed by atoms with E-state index in [4.69, 9.17) is 4.74 Å². The van der Waals surface area contributed by atoms with Crippen molar-refractivity contribution in [3.63, 3.8) is 0 Å². The van der Waals surface area contributed by atoms with Gasteiger partial charge in [-0.2, -0.15) is 0 Å². The molecular formula is C16H22N2O3. The first kappa shape index (κ1) is 15.4. The fourth-order valence-electron chi connectivity index (χ4n) is 2.40. The minimum atomic E-state index is -0.0295. The van der Waals surface area contributed by atoms with E-state index in [2.05, 4.69) is 13.0 Å². The average Bonchev–Trinajstić information content (AvgIpc) is 2.49. The van der Waals surface area contributed by atoms with E-state index in [-0.39, 0.29) is 12.5 Å². The van der Waals surface area contributed by atoms with Gasteiger partial charge < -0.3 is 14.5 Å². The molecule has 0 aliphatic carbocycles. The maximum absolute atomic E-state index is 12.1. The first-order chi connectivity index (χ1) is 10.0. The Morgan fingerprint density at radius 2 is 1.71 bits per heavy atom. The van der Waals surface area contributed by atoms with Crippen molar-refractivity contribution in [2.75, 3.05) is 32.8 Å². The highest BCUT2D eigenvalue weighted by Gasteiger charge is 2.20. The van der Waals surface area contributed by atoms with Crippen molar-refractivity contribution in [3.8, 4) is 5.75 Å². The second kappa shape index (κ2) is 6.61. The van der Waals surface area contributed by atoms with Gasteiger partial charge in [0.15, 0.2) is 6.61 Å². The fourth-order valence-corrected chi connectivity index (χ4v) is 2.40. The first-order valence-corrected chi connectivity index (χ1v) is 7.19. The second-order valence-electron chi connectivity index (χ2n) is 5.51. The molecule has 5 nitrogen and oxygen atoms in total. The van der Waals surface area contributed by atoms with E-state index in [1.54, 1.807) is 9.80 Å². The van der Waals surface area contributed by atoms with Crippen molar-refractivity contribution in [1.29, 1.82) is 0 Å². The largest absolute Gasteiger partial charge is 0.483 e. The minimum Gasteiger partial charge on any atom is -0.483 e. The van der Waals surface area contributed by atoms with Crippen molar-refractivity contribution in [3.05, 3.63) is 28.8 Å². The van der Waals surface area contributed by atoms with Crippen LogP contribution in [0.5, 0.6) is 5.75 Å². The molecule has 0 N–H and O–H groups in total. The second-order valence-corrected chi connectivity index (χ2v) is 5.51. The quantitative estimate of drug-likeness (QED) is 0.785. The van der Waals surface area contributed by atoms with E-state index in [0.29, 0.717) is 26.2 Å². The summed E-state index contributed by atoms with van der Waals surface area (Å²) < 4.78 is 5.67. The molecule has 21 heavy (non-hydrogen) atoms. The molecule has 1 fully saturated rings. The number of hydrogen-bond donors (Lipinski definition) is 0. The summed E-state index contributed by atoms with van der Waals surface area (Å²) in [5.41, 5.74) is 3.41. The predicted octanol–water partition coefficient (Wildman–Crippen LogP) is 1.29. The third-order valence-corrected chi connectivity index (χ3v) is 3.96. The highest BCUT2D eigenvalue weighted by Crippen LogP contribution is 2.22. The molecule has 5 heteroatoms. The summed E-state index contributed by atoms with van der Waals surface area (Å²) in [4.78, 5) is 26.2. The van der Waals surface area contributed by atoms with Crippen LogP contribution in [-0.2, 0) is 9.59 Å². The molecule has 1 aromatic rings. The van der Waals surface area contributed by atoms with Crippen molar-refractivity contribution in [2.24, 2.45) is 0 Å². The number of piperazine rings is 1. The molecule has 1 aromatic carbocycles. The Hall–Kier alpha value is -2.04. The molecule has 0 spiro atoms. The van der Waals surface area contributed by atoms with Gasteiger partial charge >= 0.3 is 0 Å². The van der Waals surface area contributed by atoms with Crippen LogP contribution in [0.15, 0.2) is 12.1 Å². The van der Waals surface area contributed by atoms with E-state index >= 15 is 0 Å². The molecule has 1 aliphatic rings. The average molecular weight is 290 g/mol. The van der Waals surface area contributed by atoms with Gasteiger partial charge in [0.2, 0.25) is 6.41 Å². The monoisotopic (exact) mass is 290 g/mol. The van der Waals surface area contributed by atoms with Crippen LogP contribution in [0, 0.1) is 20.8 Å². The van der Waals surface area contributed by atoms with Gasteiger partial charge in [-0.3, -0.25) is 9.59 Å². The Labute approximate surface area is 125 Å². The van der Waals surface area contributed by atoms with Gasteiger partial charge in [-0.1, -0.05) is 6.07 Å². The molecule has 2 amide bonds. The van der Waals surface area contributed by atoms with E-state index in [0.717, 1.165) is 23.3 Å². The number of rotatable bonds is 4. The van der Waals surface area contributed by atoms with Gasteiger partial charge in [0.05, 0.1) is 0 Å². The lowest BCUT2D eigenvalue weighted by molar-refractivity contribution is -0.137. The Morgan fingerprint density at radius 3 is 2.33 bits per heavy atom. The van der Waals surface area contributed by atoms with Crippen LogP contribution in [0.2, 0.25) is 0 Å². The third-order valence-electron chi connectivity index (χ3n) is 3.96. The number of aryl methyl sites for hydroxylation is 3. The predicted molar refractivity (Wildman–Crippen MR) is 80.4 cm³/mol. The molecule has 2 rings (SSSR count). The van der Waals surface area contributed by atoms with E-state index < -0.39 is 0 Å². The smallest absolute Gasteiger partial charge is 0.260 e. The third kappa shape index (κ3) is 3.74. The minimum absolute atomic E-state index is 0.0295. The van der Waals surface area contributed by atoms with Gasteiger partial charge in [0.25, 0.3) is 5.91 Å². The number of amides is 2. The Kier molecular flexibility index (Phi) is 4.83. The number of benzene rings is 1. The maximum Gasteiger partial charge on any atom is 0.260 e. The van der Waals surface area contributed by atoms with Crippen LogP contribution < -0.4 is 4.74 Å². The molecule has 0 saturated carbocycles. The van der Waals surface area contributed by atoms with Crippen LogP contribution in [0.3, 0.4) is 0 Å². The molecule has 0 radical (unpaired) electrons. The number of ether oxygens (including phenoxy) is 1. The summed E-state index contributed by atoms with van der Waals surface area (Å²) >= 11 is 0. The normalized spacial score (nSPS) is 15.0. The zero-order valence-electron chi connectivity index (χ0n) is 12.9. The summed E-state index contributed by atoms with van der Waals surface area (Å²) in [6.45, 7) is 8.46. The first-order valence-electron chi connectivity index (χ1n) is 7.19. The van der Waals surface area contributed by atoms with Gasteiger partial charge in [0.1, 0.15) is 5.75 Å². The topological polar surface area (TPSA) is 49.9 Å². The summed E-state index contributed by atoms with van der Waals surface area (Å²) in [5, 5.41) is 0. The Bertz CT molecular complexity index is 535. The Balaban J connectivity index is 1.90. The van der Waals surface area contributed by atoms with Gasteiger partial charge in [0, 0.05) is 26.2 Å². The van der Waals surface area contributed by atoms with Gasteiger partial charge in [-0.25, -0.2) is 0 Å². The van der Waals surface area contributed by atoms with Gasteiger partial charge in [-0.15, -0.1) is 0 Å². The molecule has 0 aromatic heterocycles. The lowest BCUT2D eigenvalue weighted by Crippen LogP contribution is -2.49. The van der Waals surface area contributed by atoms with E-state index in [1.807, 2.05) is 19.9 Å². The molecular weight excluding hydrogens is 268 g/mol. The SMILES string of the molecule is Cc1cc(C)c(OCC(=O)N2CCN(C=O)CC2)cc1C. The highest BCUT2D eigenvalue weighted by molar-refractivity contribution is 5.78. The Morgan fingerprint density at radius 1 is 1.10 bits per heavy atom. The van der Waals surface area contributed by atoms with Crippen molar-refractivity contribution < 1.29 is 14.3 Å². The molecule has 1 saturated heterocycles. The van der Waals surface area contributed by atoms with E-state index in [9.17, 15) is 9.59 Å². The number of hydrogen-bond acceptors (Lipinski definition) is 3. The summed E-state index contributed by atoms with van der Waals surface area (Å²) in [7, 11) is 0. The summed E-state index contributed by atoms with van der Waals surface area (Å²) in [6.07, 6.45) is 0.830. The lowest BCUT2D eigenvalue weighted by Gasteiger charge is -2.32. The van der Waals surface area contributed by atoms with Crippen LogP contribution in [-0.4, -0.2) is 54.9 Å². The van der Waals surface area contributed by atoms with Crippen molar-refractivity contribution >= 4 is 12.3 Å². The molecule has 0 atom stereocenters. The van der Waals surface area contributed by atoms with Crippen molar-refractivity contribution in [2.45, 2.75) is 20.8 Å². The highest BCUT2D eigenvalue weighted by atomic mass is 16.5. The number of nitrogens with zero attached hydrogens (tertiary/aromatic N) is 2. The molecule has 0 unspecified atom stereocenters. The fraction of sp³-hybridized carbons (Fsp3) is 0.500. The summed E-state index contributed by atoms with van der Waals surface area (Å²) in [5.74, 6) is 0.733. The zero-order chi connectivity index (χ0) is 15.4. The molecule has 114 valence electrons. The standard InChI is InChI=1S/C16H22N2O3/c1-12-8-14(3)15(9-13(12)2)21-10-16(20)18-6-4-17(11-19)5-7-18/h8-9,11H,4-7,10H2,1-3H3. The lowest BCUT2D eigenvalue weighted by atomic mass is 10.1. The van der Waals surface area contributed by atoms with Crippen LogP contribution in [0.25, 0.3) is 0 Å². The molecule has 0 bridgehead atoms. The molecule has 1 heterocycles. The van der Waals surface area contributed by atoms with Crippen LogP contribution >= 0.6 is 0 Å². The zero-order valence-corrected chi connectivity index (χ0v) is 12.9. The van der Waals surface area contributed by atoms with Crippen molar-refractivity contribution in [1.82, 2.24) is 9.80 Å². The molecule has 1 aliphatic heterocycles. The van der Waals surface area contributed by atoms with Crippen LogP contribution in [0.4, 0.5) is 0 Å².